The van der Waals surface area contributed by atoms with Crippen molar-refractivity contribution >= 4 is 45.3 Å². The van der Waals surface area contributed by atoms with Crippen LogP contribution in [0.25, 0.3) is 6.08 Å². The number of hydrogen-bond acceptors (Lipinski definition) is 6. The Morgan fingerprint density at radius 1 is 1.11 bits per heavy atom. The van der Waals surface area contributed by atoms with Gasteiger partial charge in [0.2, 0.25) is 15.9 Å². The quantitative estimate of drug-likeness (QED) is 0.599. The standard InChI is InChI=1S/C24H27ClN4O5S/c25-20-3-1-18(2-4-20)9-14-35(33,34)28-16-22(24(31)32)29(23(30)17-28)15-19-7-12-27(13-8-19)21-5-10-26-11-6-21/h1-6,9-11,14,19,22H,7-8,12-13,15-17H2,(H,31,32). The fourth-order valence-electron chi connectivity index (χ4n) is 4.44. The van der Waals surface area contributed by atoms with Crippen LogP contribution >= 0.6 is 11.6 Å². The first-order valence-electron chi connectivity index (χ1n) is 11.3. The maximum absolute atomic E-state index is 12.9. The van der Waals surface area contributed by atoms with Crippen LogP contribution in [0.5, 0.6) is 0 Å². The second-order valence-electron chi connectivity index (χ2n) is 8.73. The van der Waals surface area contributed by atoms with Gasteiger partial charge in [0, 0.05) is 54.7 Å². The zero-order valence-corrected chi connectivity index (χ0v) is 20.6. The molecule has 1 unspecified atom stereocenters. The lowest BCUT2D eigenvalue weighted by Gasteiger charge is -2.41. The van der Waals surface area contributed by atoms with E-state index in [0.29, 0.717) is 17.1 Å². The number of sulfonamides is 1. The Morgan fingerprint density at radius 3 is 2.40 bits per heavy atom. The van der Waals surface area contributed by atoms with Gasteiger partial charge in [0.15, 0.2) is 0 Å². The highest BCUT2D eigenvalue weighted by molar-refractivity contribution is 7.92. The van der Waals surface area contributed by atoms with Crippen LogP contribution in [-0.4, -0.2) is 78.4 Å². The van der Waals surface area contributed by atoms with Gasteiger partial charge in [0.05, 0.1) is 6.54 Å². The number of nitrogens with zero attached hydrogens (tertiary/aromatic N) is 4. The largest absolute Gasteiger partial charge is 0.480 e. The van der Waals surface area contributed by atoms with Gasteiger partial charge in [-0.2, -0.15) is 4.31 Å². The number of anilines is 1. The molecule has 9 nitrogen and oxygen atoms in total. The van der Waals surface area contributed by atoms with Gasteiger partial charge in [-0.05, 0) is 54.7 Å². The van der Waals surface area contributed by atoms with Gasteiger partial charge in [-0.1, -0.05) is 23.7 Å². The first-order valence-corrected chi connectivity index (χ1v) is 13.2. The van der Waals surface area contributed by atoms with Crippen molar-refractivity contribution in [3.63, 3.8) is 0 Å². The molecule has 2 aliphatic rings. The lowest BCUT2D eigenvalue weighted by molar-refractivity contribution is -0.154. The SMILES string of the molecule is O=C(O)C1CN(S(=O)(=O)C=Cc2ccc(Cl)cc2)CC(=O)N1CC1CCN(c2ccncc2)CC1. The van der Waals surface area contributed by atoms with Crippen molar-refractivity contribution in [3.05, 3.63) is 64.8 Å². The lowest BCUT2D eigenvalue weighted by atomic mass is 9.94. The van der Waals surface area contributed by atoms with Crippen molar-refractivity contribution in [1.82, 2.24) is 14.2 Å². The smallest absolute Gasteiger partial charge is 0.327 e. The second kappa shape index (κ2) is 10.8. The summed E-state index contributed by atoms with van der Waals surface area (Å²) in [5.41, 5.74) is 1.71. The number of aliphatic carboxylic acids is 1. The number of amides is 1. The molecular formula is C24H27ClN4O5S. The fraction of sp³-hybridized carbons (Fsp3) is 0.375. The molecule has 186 valence electrons. The fourth-order valence-corrected chi connectivity index (χ4v) is 5.70. The van der Waals surface area contributed by atoms with E-state index in [1.54, 1.807) is 36.7 Å². The van der Waals surface area contributed by atoms with Gasteiger partial charge in [0.1, 0.15) is 6.04 Å². The van der Waals surface area contributed by atoms with Crippen LogP contribution in [0.2, 0.25) is 5.02 Å². The van der Waals surface area contributed by atoms with E-state index in [1.807, 2.05) is 12.1 Å². The van der Waals surface area contributed by atoms with E-state index in [2.05, 4.69) is 9.88 Å². The van der Waals surface area contributed by atoms with Gasteiger partial charge in [-0.3, -0.25) is 9.78 Å². The highest BCUT2D eigenvalue weighted by Gasteiger charge is 2.41. The summed E-state index contributed by atoms with van der Waals surface area (Å²) in [5, 5.41) is 11.3. The Balaban J connectivity index is 1.40. The number of benzene rings is 1. The molecule has 1 atom stereocenters. The minimum atomic E-state index is -3.99. The zero-order chi connectivity index (χ0) is 25.0. The van der Waals surface area contributed by atoms with Crippen LogP contribution in [0.15, 0.2) is 54.2 Å². The first-order chi connectivity index (χ1) is 16.7. The topological polar surface area (TPSA) is 111 Å². The highest BCUT2D eigenvalue weighted by Crippen LogP contribution is 2.26. The maximum Gasteiger partial charge on any atom is 0.327 e. The Labute approximate surface area is 209 Å². The third-order valence-electron chi connectivity index (χ3n) is 6.43. The van der Waals surface area contributed by atoms with E-state index >= 15 is 0 Å². The van der Waals surface area contributed by atoms with Crippen LogP contribution < -0.4 is 4.90 Å². The van der Waals surface area contributed by atoms with Crippen molar-refractivity contribution in [2.75, 3.05) is 37.6 Å². The van der Waals surface area contributed by atoms with Gasteiger partial charge < -0.3 is 14.9 Å². The summed E-state index contributed by atoms with van der Waals surface area (Å²) in [6.07, 6.45) is 6.51. The molecule has 2 saturated heterocycles. The van der Waals surface area contributed by atoms with Crippen LogP contribution in [0, 0.1) is 5.92 Å². The number of piperazine rings is 1. The number of halogens is 1. The molecule has 0 spiro atoms. The molecule has 11 heteroatoms. The minimum Gasteiger partial charge on any atom is -0.480 e. The normalized spacial score (nSPS) is 20.5. The van der Waals surface area contributed by atoms with E-state index in [4.69, 9.17) is 11.6 Å². The Hall–Kier alpha value is -2.95. The molecular weight excluding hydrogens is 492 g/mol. The van der Waals surface area contributed by atoms with Gasteiger partial charge in [0.25, 0.3) is 0 Å². The maximum atomic E-state index is 12.9. The van der Waals surface area contributed by atoms with Crippen molar-refractivity contribution in [3.8, 4) is 0 Å². The van der Waals surface area contributed by atoms with Crippen molar-refractivity contribution < 1.29 is 23.1 Å². The molecule has 2 fully saturated rings. The van der Waals surface area contributed by atoms with E-state index < -0.39 is 27.9 Å². The number of piperidine rings is 1. The number of aromatic nitrogens is 1. The van der Waals surface area contributed by atoms with Crippen molar-refractivity contribution in [2.45, 2.75) is 18.9 Å². The first kappa shape index (κ1) is 25.2. The van der Waals surface area contributed by atoms with Crippen LogP contribution in [-0.2, 0) is 19.6 Å². The molecule has 1 N–H and O–H groups in total. The molecule has 2 aliphatic heterocycles. The van der Waals surface area contributed by atoms with Crippen LogP contribution in [0.3, 0.4) is 0 Å². The molecule has 35 heavy (non-hydrogen) atoms. The van der Waals surface area contributed by atoms with E-state index in [1.165, 1.54) is 11.0 Å². The summed E-state index contributed by atoms with van der Waals surface area (Å²) in [6, 6.07) is 9.27. The molecule has 1 amide bonds. The average Bonchev–Trinajstić information content (AvgIpc) is 2.85. The monoisotopic (exact) mass is 518 g/mol. The molecule has 0 saturated carbocycles. The van der Waals surface area contributed by atoms with Crippen LogP contribution in [0.4, 0.5) is 5.69 Å². The van der Waals surface area contributed by atoms with Crippen molar-refractivity contribution in [1.29, 1.82) is 0 Å². The Morgan fingerprint density at radius 2 is 1.77 bits per heavy atom. The van der Waals surface area contributed by atoms with E-state index in [0.717, 1.165) is 41.3 Å². The molecule has 1 aromatic heterocycles. The third-order valence-corrected chi connectivity index (χ3v) is 8.16. The average molecular weight is 519 g/mol. The molecule has 4 rings (SSSR count). The minimum absolute atomic E-state index is 0.145. The van der Waals surface area contributed by atoms with Crippen LogP contribution in [0.1, 0.15) is 18.4 Å². The lowest BCUT2D eigenvalue weighted by Crippen LogP contribution is -2.61. The summed E-state index contributed by atoms with van der Waals surface area (Å²) in [4.78, 5) is 32.6. The Kier molecular flexibility index (Phi) is 7.73. The summed E-state index contributed by atoms with van der Waals surface area (Å²) < 4.78 is 26.6. The van der Waals surface area contributed by atoms with E-state index in [-0.39, 0.29) is 19.0 Å². The predicted octanol–water partition coefficient (Wildman–Crippen LogP) is 2.55. The molecule has 0 aliphatic carbocycles. The van der Waals surface area contributed by atoms with Gasteiger partial charge in [-0.15, -0.1) is 0 Å². The number of pyridine rings is 1. The second-order valence-corrected chi connectivity index (χ2v) is 11.0. The molecule has 1 aromatic carbocycles. The van der Waals surface area contributed by atoms with Gasteiger partial charge >= 0.3 is 5.97 Å². The number of carboxylic acids is 1. The summed E-state index contributed by atoms with van der Waals surface area (Å²) in [5.74, 6) is -1.57. The molecule has 0 bridgehead atoms. The number of rotatable bonds is 7. The predicted molar refractivity (Wildman–Crippen MR) is 133 cm³/mol. The van der Waals surface area contributed by atoms with Gasteiger partial charge in [-0.25, -0.2) is 13.2 Å². The molecule has 3 heterocycles. The summed E-state index contributed by atoms with van der Waals surface area (Å²) in [6.45, 7) is 1.22. The summed E-state index contributed by atoms with van der Waals surface area (Å²) >= 11 is 5.85. The number of carbonyl (C=O) groups excluding carboxylic acids is 1. The summed E-state index contributed by atoms with van der Waals surface area (Å²) in [7, 11) is -3.99. The molecule has 0 radical (unpaired) electrons. The third kappa shape index (κ3) is 6.19. The zero-order valence-electron chi connectivity index (χ0n) is 19.0. The van der Waals surface area contributed by atoms with E-state index in [9.17, 15) is 23.1 Å². The number of carbonyl (C=O) groups is 2. The number of carboxylic acid groups (broad SMARTS) is 1. The number of hydrogen-bond donors (Lipinski definition) is 1. The Bertz CT molecular complexity index is 1180. The van der Waals surface area contributed by atoms with Crippen molar-refractivity contribution in [2.24, 2.45) is 5.92 Å². The highest BCUT2D eigenvalue weighted by atomic mass is 35.5. The molecule has 2 aromatic rings.